The maximum absolute atomic E-state index is 13.3. The summed E-state index contributed by atoms with van der Waals surface area (Å²) in [5.41, 5.74) is 2.57. The van der Waals surface area contributed by atoms with E-state index in [0.29, 0.717) is 12.0 Å². The van der Waals surface area contributed by atoms with E-state index in [2.05, 4.69) is 14.8 Å². The highest BCUT2D eigenvalue weighted by Crippen LogP contribution is 2.33. The molecule has 5 rings (SSSR count). The Morgan fingerprint density at radius 2 is 1.63 bits per heavy atom. The van der Waals surface area contributed by atoms with Gasteiger partial charge in [0, 0.05) is 31.2 Å². The first kappa shape index (κ1) is 19.2. The van der Waals surface area contributed by atoms with E-state index in [9.17, 15) is 4.79 Å². The number of nitrogens with zero attached hydrogens (tertiary/aromatic N) is 3. The van der Waals surface area contributed by atoms with E-state index in [1.807, 2.05) is 54.6 Å². The summed E-state index contributed by atoms with van der Waals surface area (Å²) in [6.07, 6.45) is 6.80. The van der Waals surface area contributed by atoms with Gasteiger partial charge < -0.3 is 14.2 Å². The zero-order valence-corrected chi connectivity index (χ0v) is 17.4. The van der Waals surface area contributed by atoms with Crippen LogP contribution in [-0.2, 0) is 0 Å². The van der Waals surface area contributed by atoms with Crippen LogP contribution >= 0.6 is 0 Å². The standard InChI is InChI=1S/C25H29N3O2/c29-24(20-9-3-1-4-10-20)28-16-8-2-5-12-22(28)19-14-17-27(18-15-19)25-26-21-11-6-7-13-23(21)30-25/h1,3-4,6-7,9-11,13,19,22H,2,5,8,12,14-18H2/t22-/m0/s1. The maximum Gasteiger partial charge on any atom is 0.298 e. The first-order valence-corrected chi connectivity index (χ1v) is 11.3. The van der Waals surface area contributed by atoms with Gasteiger partial charge in [-0.2, -0.15) is 4.98 Å². The number of likely N-dealkylation sites (tertiary alicyclic amines) is 1. The van der Waals surface area contributed by atoms with E-state index in [1.165, 1.54) is 12.8 Å². The van der Waals surface area contributed by atoms with Gasteiger partial charge in [-0.1, -0.05) is 43.2 Å². The number of oxazole rings is 1. The van der Waals surface area contributed by atoms with Crippen LogP contribution in [-0.4, -0.2) is 41.5 Å². The molecule has 0 unspecified atom stereocenters. The minimum Gasteiger partial charge on any atom is -0.423 e. The van der Waals surface area contributed by atoms with Gasteiger partial charge in [-0.05, 0) is 55.9 Å². The lowest BCUT2D eigenvalue weighted by Crippen LogP contribution is -2.48. The molecular formula is C25H29N3O2. The van der Waals surface area contributed by atoms with Crippen molar-refractivity contribution in [2.24, 2.45) is 5.92 Å². The third kappa shape index (κ3) is 3.81. The van der Waals surface area contributed by atoms with Crippen LogP contribution in [0.25, 0.3) is 11.1 Å². The van der Waals surface area contributed by atoms with Crippen molar-refractivity contribution in [2.75, 3.05) is 24.5 Å². The van der Waals surface area contributed by atoms with Crippen molar-refractivity contribution in [3.8, 4) is 0 Å². The molecule has 0 radical (unpaired) electrons. The monoisotopic (exact) mass is 403 g/mol. The summed E-state index contributed by atoms with van der Waals surface area (Å²) in [5.74, 6) is 0.736. The van der Waals surface area contributed by atoms with Crippen LogP contribution in [0.15, 0.2) is 59.0 Å². The Labute approximate surface area is 177 Å². The second kappa shape index (κ2) is 8.50. The molecule has 2 aromatic carbocycles. The third-order valence-corrected chi connectivity index (χ3v) is 6.72. The van der Waals surface area contributed by atoms with E-state index in [4.69, 9.17) is 4.42 Å². The average Bonchev–Trinajstić information content (AvgIpc) is 3.09. The van der Waals surface area contributed by atoms with Crippen LogP contribution in [0, 0.1) is 5.92 Å². The second-order valence-corrected chi connectivity index (χ2v) is 8.57. The lowest BCUT2D eigenvalue weighted by atomic mass is 9.86. The highest BCUT2D eigenvalue weighted by atomic mass is 16.4. The summed E-state index contributed by atoms with van der Waals surface area (Å²) < 4.78 is 5.98. The van der Waals surface area contributed by atoms with Gasteiger partial charge in [0.05, 0.1) is 0 Å². The second-order valence-electron chi connectivity index (χ2n) is 8.57. The van der Waals surface area contributed by atoms with Crippen molar-refractivity contribution >= 4 is 23.0 Å². The Balaban J connectivity index is 1.30. The molecule has 1 atom stereocenters. The van der Waals surface area contributed by atoms with Crippen molar-refractivity contribution in [2.45, 2.75) is 44.6 Å². The van der Waals surface area contributed by atoms with E-state index in [1.54, 1.807) is 0 Å². The first-order chi connectivity index (χ1) is 14.8. The maximum atomic E-state index is 13.3. The van der Waals surface area contributed by atoms with Gasteiger partial charge in [0.1, 0.15) is 5.52 Å². The fourth-order valence-electron chi connectivity index (χ4n) is 5.09. The number of benzene rings is 2. The number of piperidine rings is 1. The van der Waals surface area contributed by atoms with Crippen molar-refractivity contribution in [3.05, 3.63) is 60.2 Å². The van der Waals surface area contributed by atoms with Crippen molar-refractivity contribution in [1.29, 1.82) is 0 Å². The predicted molar refractivity (Wildman–Crippen MR) is 119 cm³/mol. The molecular weight excluding hydrogens is 374 g/mol. The summed E-state index contributed by atoms with van der Waals surface area (Å²) >= 11 is 0. The summed E-state index contributed by atoms with van der Waals surface area (Å²) in [4.78, 5) is 22.4. The van der Waals surface area contributed by atoms with Crippen LogP contribution in [0.2, 0.25) is 0 Å². The van der Waals surface area contributed by atoms with Gasteiger partial charge >= 0.3 is 0 Å². The van der Waals surface area contributed by atoms with Gasteiger partial charge in [0.25, 0.3) is 11.9 Å². The first-order valence-electron chi connectivity index (χ1n) is 11.3. The average molecular weight is 404 g/mol. The molecule has 2 fully saturated rings. The number of carbonyl (C=O) groups excluding carboxylic acids is 1. The number of rotatable bonds is 3. The summed E-state index contributed by atoms with van der Waals surface area (Å²) in [5, 5.41) is 0. The molecule has 3 aromatic rings. The van der Waals surface area contributed by atoms with Crippen LogP contribution < -0.4 is 4.90 Å². The molecule has 2 saturated heterocycles. The lowest BCUT2D eigenvalue weighted by Gasteiger charge is -2.40. The molecule has 156 valence electrons. The molecule has 0 aliphatic carbocycles. The smallest absolute Gasteiger partial charge is 0.298 e. The highest BCUT2D eigenvalue weighted by Gasteiger charge is 2.35. The molecule has 1 aromatic heterocycles. The molecule has 30 heavy (non-hydrogen) atoms. The Hall–Kier alpha value is -2.82. The SMILES string of the molecule is O=C(c1ccccc1)N1CCCCC[C@H]1C1CCN(c2nc3ccccc3o2)CC1. The molecule has 3 heterocycles. The van der Waals surface area contributed by atoms with Crippen molar-refractivity contribution in [1.82, 2.24) is 9.88 Å². The Morgan fingerprint density at radius 1 is 0.867 bits per heavy atom. The van der Waals surface area contributed by atoms with E-state index < -0.39 is 0 Å². The summed E-state index contributed by atoms with van der Waals surface area (Å²) in [6.45, 7) is 2.74. The number of hydrogen-bond acceptors (Lipinski definition) is 4. The molecule has 0 bridgehead atoms. The molecule has 0 N–H and O–H groups in total. The minimum absolute atomic E-state index is 0.198. The fraction of sp³-hybridized carbons (Fsp3) is 0.440. The minimum atomic E-state index is 0.198. The molecule has 1 amide bonds. The van der Waals surface area contributed by atoms with Gasteiger partial charge in [-0.15, -0.1) is 0 Å². The Kier molecular flexibility index (Phi) is 5.43. The molecule has 0 saturated carbocycles. The molecule has 0 spiro atoms. The molecule has 5 nitrogen and oxygen atoms in total. The zero-order valence-electron chi connectivity index (χ0n) is 17.4. The van der Waals surface area contributed by atoms with E-state index >= 15 is 0 Å². The fourth-order valence-corrected chi connectivity index (χ4v) is 5.09. The van der Waals surface area contributed by atoms with Gasteiger partial charge in [0.2, 0.25) is 0 Å². The molecule has 2 aliphatic heterocycles. The Morgan fingerprint density at radius 3 is 2.43 bits per heavy atom. The van der Waals surface area contributed by atoms with E-state index in [-0.39, 0.29) is 5.91 Å². The molecule has 5 heteroatoms. The topological polar surface area (TPSA) is 49.6 Å². The van der Waals surface area contributed by atoms with Crippen molar-refractivity contribution < 1.29 is 9.21 Å². The summed E-state index contributed by atoms with van der Waals surface area (Å²) in [6, 6.07) is 18.8. The summed E-state index contributed by atoms with van der Waals surface area (Å²) in [7, 11) is 0. The number of anilines is 1. The number of fused-ring (bicyclic) bond motifs is 1. The molecule has 2 aliphatic rings. The van der Waals surface area contributed by atoms with Gasteiger partial charge in [0.15, 0.2) is 5.58 Å². The Bertz CT molecular complexity index is 959. The highest BCUT2D eigenvalue weighted by molar-refractivity contribution is 5.94. The van der Waals surface area contributed by atoms with Crippen LogP contribution in [0.3, 0.4) is 0 Å². The number of amides is 1. The number of aromatic nitrogens is 1. The van der Waals surface area contributed by atoms with Crippen LogP contribution in [0.4, 0.5) is 6.01 Å². The van der Waals surface area contributed by atoms with Crippen LogP contribution in [0.1, 0.15) is 48.9 Å². The lowest BCUT2D eigenvalue weighted by molar-refractivity contribution is 0.0587. The predicted octanol–water partition coefficient (Wildman–Crippen LogP) is 5.13. The zero-order chi connectivity index (χ0) is 20.3. The normalized spacial score (nSPS) is 21.0. The largest absolute Gasteiger partial charge is 0.423 e. The van der Waals surface area contributed by atoms with Gasteiger partial charge in [-0.25, -0.2) is 0 Å². The van der Waals surface area contributed by atoms with Crippen molar-refractivity contribution in [3.63, 3.8) is 0 Å². The number of carbonyl (C=O) groups is 1. The van der Waals surface area contributed by atoms with Crippen LogP contribution in [0.5, 0.6) is 0 Å². The van der Waals surface area contributed by atoms with Gasteiger partial charge in [-0.3, -0.25) is 4.79 Å². The number of hydrogen-bond donors (Lipinski definition) is 0. The third-order valence-electron chi connectivity index (χ3n) is 6.72. The number of para-hydroxylation sites is 2. The quantitative estimate of drug-likeness (QED) is 0.608. The van der Waals surface area contributed by atoms with E-state index in [0.717, 1.165) is 68.0 Å².